The number of ether oxygens (including phenoxy) is 3. The van der Waals surface area contributed by atoms with Crippen LogP contribution in [0.15, 0.2) is 58.9 Å². The summed E-state index contributed by atoms with van der Waals surface area (Å²) >= 11 is 0. The Morgan fingerprint density at radius 1 is 0.946 bits per heavy atom. The van der Waals surface area contributed by atoms with Crippen molar-refractivity contribution in [1.29, 1.82) is 0 Å². The summed E-state index contributed by atoms with van der Waals surface area (Å²) in [5.74, 6) is 1.16. The third-order valence-corrected chi connectivity index (χ3v) is 7.09. The molecular weight excluding hydrogens is 479 g/mol. The summed E-state index contributed by atoms with van der Waals surface area (Å²) in [5, 5.41) is 0. The van der Waals surface area contributed by atoms with Crippen molar-refractivity contribution < 1.29 is 27.4 Å². The fourth-order valence-electron chi connectivity index (χ4n) is 5.32. The van der Waals surface area contributed by atoms with Crippen molar-refractivity contribution in [1.82, 2.24) is 0 Å². The Bertz CT molecular complexity index is 1200. The molecule has 0 aromatic heterocycles. The second-order valence-corrected chi connectivity index (χ2v) is 9.34. The lowest BCUT2D eigenvalue weighted by Crippen LogP contribution is -2.33. The molecule has 0 fully saturated rings. The van der Waals surface area contributed by atoms with Crippen LogP contribution < -0.4 is 14.4 Å². The second-order valence-electron chi connectivity index (χ2n) is 9.34. The number of nitrogens with zero attached hydrogens (tertiary/aromatic N) is 1. The molecule has 200 valence electrons. The molecule has 1 atom stereocenters. The molecule has 0 unspecified atom stereocenters. The van der Waals surface area contributed by atoms with Crippen molar-refractivity contribution in [3.05, 3.63) is 75.6 Å². The number of anilines is 1. The van der Waals surface area contributed by atoms with E-state index in [1.807, 2.05) is 64.1 Å². The number of aryl methyl sites for hydroxylation is 1. The summed E-state index contributed by atoms with van der Waals surface area (Å²) in [6.45, 7) is 10.4. The molecule has 0 amide bonds. The van der Waals surface area contributed by atoms with Gasteiger partial charge in [0.2, 0.25) is 0 Å². The van der Waals surface area contributed by atoms with Gasteiger partial charge in [-0.3, -0.25) is 0 Å². The molecule has 0 N–H and O–H groups in total. The van der Waals surface area contributed by atoms with Gasteiger partial charge in [-0.1, -0.05) is 38.1 Å². The van der Waals surface area contributed by atoms with Gasteiger partial charge >= 0.3 is 6.18 Å². The molecule has 2 aliphatic rings. The van der Waals surface area contributed by atoms with Crippen molar-refractivity contribution in [3.63, 3.8) is 0 Å². The summed E-state index contributed by atoms with van der Waals surface area (Å²) in [6, 6.07) is 11.3. The van der Waals surface area contributed by atoms with Crippen molar-refractivity contribution in [3.8, 4) is 11.5 Å². The first-order valence-electron chi connectivity index (χ1n) is 13.2. The summed E-state index contributed by atoms with van der Waals surface area (Å²) in [6.07, 6.45) is -2.78. The summed E-state index contributed by atoms with van der Waals surface area (Å²) in [4.78, 5) is 1.43. The Kier molecular flexibility index (Phi) is 8.22. The van der Waals surface area contributed by atoms with E-state index in [-0.39, 0.29) is 6.61 Å². The maximum absolute atomic E-state index is 14.7. The lowest BCUT2D eigenvalue weighted by atomic mass is 9.95. The zero-order valence-corrected chi connectivity index (χ0v) is 22.3. The minimum atomic E-state index is -4.51. The Morgan fingerprint density at radius 2 is 1.70 bits per heavy atom. The summed E-state index contributed by atoms with van der Waals surface area (Å²) < 4.78 is 62.5. The number of alkyl halides is 3. The molecule has 4 nitrogen and oxygen atoms in total. The van der Waals surface area contributed by atoms with E-state index in [0.29, 0.717) is 66.5 Å². The lowest BCUT2D eigenvalue weighted by Gasteiger charge is -2.32. The van der Waals surface area contributed by atoms with Crippen molar-refractivity contribution in [2.24, 2.45) is 0 Å². The number of halogens is 3. The number of allylic oxidation sites excluding steroid dienone is 3. The van der Waals surface area contributed by atoms with Gasteiger partial charge in [-0.25, -0.2) is 0 Å². The average Bonchev–Trinajstić information content (AvgIpc) is 3.11. The van der Waals surface area contributed by atoms with Gasteiger partial charge in [0.15, 0.2) is 11.5 Å². The third kappa shape index (κ3) is 5.24. The molecule has 4 rings (SSSR count). The molecule has 0 saturated heterocycles. The smallest absolute Gasteiger partial charge is 0.431 e. The Hall–Kier alpha value is -2.93. The molecule has 0 saturated carbocycles. The lowest BCUT2D eigenvalue weighted by molar-refractivity contribution is -0.0938. The van der Waals surface area contributed by atoms with Crippen LogP contribution in [0.4, 0.5) is 18.9 Å². The summed E-state index contributed by atoms with van der Waals surface area (Å²) in [5.41, 5.74) is 4.26. The zero-order valence-electron chi connectivity index (χ0n) is 22.3. The van der Waals surface area contributed by atoms with Crippen molar-refractivity contribution in [2.75, 3.05) is 24.7 Å². The van der Waals surface area contributed by atoms with Crippen LogP contribution in [0.3, 0.4) is 0 Å². The Labute approximate surface area is 217 Å². The molecule has 0 bridgehead atoms. The first kappa shape index (κ1) is 27.1. The van der Waals surface area contributed by atoms with Crippen LogP contribution >= 0.6 is 0 Å². The normalized spacial score (nSPS) is 18.3. The zero-order chi connectivity index (χ0) is 26.7. The second kappa shape index (κ2) is 11.2. The number of fused-ring (bicyclic) bond motifs is 3. The highest BCUT2D eigenvalue weighted by Gasteiger charge is 2.45. The highest BCUT2D eigenvalue weighted by molar-refractivity contribution is 5.69. The topological polar surface area (TPSA) is 30.9 Å². The Morgan fingerprint density at radius 3 is 2.35 bits per heavy atom. The molecule has 7 heteroatoms. The fraction of sp³-hybridized carbons (Fsp3) is 0.467. The molecule has 2 aliphatic heterocycles. The van der Waals surface area contributed by atoms with Gasteiger partial charge in [0.25, 0.3) is 0 Å². The van der Waals surface area contributed by atoms with Crippen molar-refractivity contribution >= 4 is 5.69 Å². The van der Waals surface area contributed by atoms with E-state index in [4.69, 9.17) is 14.2 Å². The molecule has 0 spiro atoms. The first-order valence-corrected chi connectivity index (χ1v) is 13.2. The van der Waals surface area contributed by atoms with Gasteiger partial charge in [0, 0.05) is 16.8 Å². The van der Waals surface area contributed by atoms with E-state index in [1.54, 1.807) is 6.92 Å². The van der Waals surface area contributed by atoms with E-state index in [0.717, 1.165) is 23.1 Å². The van der Waals surface area contributed by atoms with Gasteiger partial charge in [0.05, 0.1) is 25.5 Å². The number of hydrogen-bond donors (Lipinski definition) is 0. The first-order chi connectivity index (χ1) is 17.7. The van der Waals surface area contributed by atoms with Crippen LogP contribution in [0.2, 0.25) is 0 Å². The molecule has 2 aromatic carbocycles. The van der Waals surface area contributed by atoms with Crippen LogP contribution in [0.1, 0.15) is 76.7 Å². The minimum absolute atomic E-state index is 0.0568. The van der Waals surface area contributed by atoms with E-state index in [1.165, 1.54) is 4.90 Å². The van der Waals surface area contributed by atoms with E-state index in [9.17, 15) is 13.2 Å². The predicted octanol–water partition coefficient (Wildman–Crippen LogP) is 8.27. The van der Waals surface area contributed by atoms with Crippen LogP contribution in [-0.4, -0.2) is 26.0 Å². The van der Waals surface area contributed by atoms with Crippen molar-refractivity contribution in [2.45, 2.75) is 72.6 Å². The maximum Gasteiger partial charge on any atom is 0.431 e. The third-order valence-electron chi connectivity index (χ3n) is 7.09. The van der Waals surface area contributed by atoms with E-state index in [2.05, 4.69) is 0 Å². The van der Waals surface area contributed by atoms with Crippen LogP contribution in [0, 0.1) is 0 Å². The van der Waals surface area contributed by atoms with Gasteiger partial charge in [-0.2, -0.15) is 13.2 Å². The Balaban J connectivity index is 2.02. The molecule has 0 radical (unpaired) electrons. The van der Waals surface area contributed by atoms with E-state index < -0.39 is 18.0 Å². The SMILES string of the molecule is CCOc1cccc([C@H]2OCC3=C(CC)CCC(C)=C(C(F)(F)F)N3c3ccc(CC)cc32)c1OCC. The standard InChI is InChI=1S/C30H36F3NO3/c1-6-20-14-16-24-23(17-20)27(22-11-10-12-26(35-8-3)28(22)36-9-4)37-18-25-21(7-2)15-13-19(5)29(34(24)25)30(31,32)33/h10-12,14,16-17,27H,6-9,13,15,18H2,1-5H3/t27-/m1/s1. The predicted molar refractivity (Wildman–Crippen MR) is 140 cm³/mol. The number of para-hydroxylation sites is 1. The van der Waals surface area contributed by atoms with E-state index >= 15 is 0 Å². The summed E-state index contributed by atoms with van der Waals surface area (Å²) in [7, 11) is 0. The minimum Gasteiger partial charge on any atom is -0.490 e. The average molecular weight is 516 g/mol. The van der Waals surface area contributed by atoms with Gasteiger partial charge in [0.1, 0.15) is 11.8 Å². The van der Waals surface area contributed by atoms with Crippen LogP contribution in [0.25, 0.3) is 0 Å². The number of hydrogen-bond acceptors (Lipinski definition) is 4. The van der Waals surface area contributed by atoms with Crippen LogP contribution in [0.5, 0.6) is 11.5 Å². The highest BCUT2D eigenvalue weighted by Crippen LogP contribution is 2.49. The largest absolute Gasteiger partial charge is 0.490 e. The quantitative estimate of drug-likeness (QED) is 0.371. The van der Waals surface area contributed by atoms with Gasteiger partial charge in [-0.05, 0) is 75.3 Å². The highest BCUT2D eigenvalue weighted by atomic mass is 19.4. The maximum atomic E-state index is 14.7. The van der Waals surface area contributed by atoms with Crippen LogP contribution in [-0.2, 0) is 11.2 Å². The fourth-order valence-corrected chi connectivity index (χ4v) is 5.32. The molecular formula is C30H36F3NO3. The molecule has 2 aromatic rings. The molecule has 37 heavy (non-hydrogen) atoms. The molecule has 2 heterocycles. The van der Waals surface area contributed by atoms with Gasteiger partial charge in [-0.15, -0.1) is 0 Å². The monoisotopic (exact) mass is 515 g/mol. The van der Waals surface area contributed by atoms with Gasteiger partial charge < -0.3 is 19.1 Å². The molecule has 0 aliphatic carbocycles. The number of benzene rings is 2. The number of rotatable bonds is 7.